The van der Waals surface area contributed by atoms with E-state index in [4.69, 9.17) is 16.3 Å². The minimum atomic E-state index is -0.500. The van der Waals surface area contributed by atoms with Crippen LogP contribution in [0.4, 0.5) is 4.79 Å². The Bertz CT molecular complexity index is 533. The van der Waals surface area contributed by atoms with Crippen LogP contribution >= 0.6 is 11.6 Å². The molecule has 4 nitrogen and oxygen atoms in total. The number of alkyl carbamates (subject to hydrolysis) is 1. The molecular weight excluding hydrogens is 290 g/mol. The fourth-order valence-electron chi connectivity index (χ4n) is 1.61. The summed E-state index contributed by atoms with van der Waals surface area (Å²) in [6, 6.07) is 5.27. The first-order valence-electron chi connectivity index (χ1n) is 6.70. The Morgan fingerprint density at radius 1 is 1.38 bits per heavy atom. The van der Waals surface area contributed by atoms with E-state index < -0.39 is 11.7 Å². The number of hydrogen-bond donors (Lipinski definition) is 1. The molecule has 0 atom stereocenters. The van der Waals surface area contributed by atoms with Crippen molar-refractivity contribution in [3.05, 3.63) is 40.4 Å². The van der Waals surface area contributed by atoms with Gasteiger partial charge in [0, 0.05) is 12.1 Å². The first kappa shape index (κ1) is 17.2. The zero-order chi connectivity index (χ0) is 15.9. The Morgan fingerprint density at radius 3 is 2.71 bits per heavy atom. The summed E-state index contributed by atoms with van der Waals surface area (Å²) < 4.78 is 5.12. The van der Waals surface area contributed by atoms with Crippen LogP contribution in [-0.2, 0) is 4.74 Å². The molecule has 0 fully saturated rings. The highest BCUT2D eigenvalue weighted by Crippen LogP contribution is 2.19. The maximum atomic E-state index is 11.4. The molecule has 1 rings (SSSR count). The van der Waals surface area contributed by atoms with Crippen LogP contribution in [0, 0.1) is 0 Å². The summed E-state index contributed by atoms with van der Waals surface area (Å²) in [6.07, 6.45) is 4.61. The van der Waals surface area contributed by atoms with Crippen molar-refractivity contribution in [1.82, 2.24) is 5.32 Å². The average molecular weight is 310 g/mol. The van der Waals surface area contributed by atoms with E-state index in [1.165, 1.54) is 0 Å². The van der Waals surface area contributed by atoms with E-state index in [-0.39, 0.29) is 0 Å². The Hall–Kier alpha value is -1.81. The predicted molar refractivity (Wildman–Crippen MR) is 84.7 cm³/mol. The van der Waals surface area contributed by atoms with Crippen LogP contribution in [0.25, 0.3) is 6.08 Å². The van der Waals surface area contributed by atoms with Gasteiger partial charge in [-0.25, -0.2) is 4.79 Å². The second kappa shape index (κ2) is 7.84. The molecular formula is C16H20ClNO3. The van der Waals surface area contributed by atoms with Gasteiger partial charge in [0.1, 0.15) is 5.60 Å². The topological polar surface area (TPSA) is 55.4 Å². The summed E-state index contributed by atoms with van der Waals surface area (Å²) in [5.74, 6) is 0. The summed E-state index contributed by atoms with van der Waals surface area (Å²) in [5, 5.41) is 3.09. The molecule has 0 aromatic heterocycles. The first-order valence-corrected chi connectivity index (χ1v) is 7.08. The second-order valence-electron chi connectivity index (χ2n) is 5.48. The molecule has 5 heteroatoms. The lowest BCUT2D eigenvalue weighted by Gasteiger charge is -2.19. The van der Waals surface area contributed by atoms with Gasteiger partial charge in [0.2, 0.25) is 0 Å². The number of amides is 1. The van der Waals surface area contributed by atoms with Gasteiger partial charge < -0.3 is 10.1 Å². The summed E-state index contributed by atoms with van der Waals surface area (Å²) in [4.78, 5) is 22.4. The second-order valence-corrected chi connectivity index (χ2v) is 5.89. The van der Waals surface area contributed by atoms with Gasteiger partial charge in [0.25, 0.3) is 0 Å². The SMILES string of the molecule is CC(C)(C)OC(=O)NCCC=Cc1cccc(Cl)c1C=O. The Morgan fingerprint density at radius 2 is 2.10 bits per heavy atom. The standard InChI is InChI=1S/C16H20ClNO3/c1-16(2,3)21-15(20)18-10-5-4-7-12-8-6-9-14(17)13(12)11-19/h4,6-9,11H,5,10H2,1-3H3,(H,18,20). The van der Waals surface area contributed by atoms with Crippen molar-refractivity contribution in [3.63, 3.8) is 0 Å². The molecule has 1 amide bonds. The van der Waals surface area contributed by atoms with Gasteiger partial charge in [-0.3, -0.25) is 4.79 Å². The maximum absolute atomic E-state index is 11.4. The lowest BCUT2D eigenvalue weighted by atomic mass is 10.1. The highest BCUT2D eigenvalue weighted by atomic mass is 35.5. The summed E-state index contributed by atoms with van der Waals surface area (Å²) in [7, 11) is 0. The third-order valence-corrected chi connectivity index (χ3v) is 2.81. The van der Waals surface area contributed by atoms with Gasteiger partial charge in [-0.2, -0.15) is 0 Å². The van der Waals surface area contributed by atoms with Gasteiger partial charge in [-0.15, -0.1) is 0 Å². The van der Waals surface area contributed by atoms with E-state index in [0.29, 0.717) is 23.6 Å². The molecule has 0 unspecified atom stereocenters. The van der Waals surface area contributed by atoms with Crippen molar-refractivity contribution >= 4 is 30.1 Å². The zero-order valence-corrected chi connectivity index (χ0v) is 13.2. The normalized spacial score (nSPS) is 11.4. The van der Waals surface area contributed by atoms with Gasteiger partial charge in [0.05, 0.1) is 5.02 Å². The van der Waals surface area contributed by atoms with E-state index in [2.05, 4.69) is 5.32 Å². The van der Waals surface area contributed by atoms with Crippen LogP contribution in [0.1, 0.15) is 43.1 Å². The number of benzene rings is 1. The molecule has 0 saturated heterocycles. The summed E-state index contributed by atoms with van der Waals surface area (Å²) in [5.41, 5.74) is 0.727. The summed E-state index contributed by atoms with van der Waals surface area (Å²) >= 11 is 5.93. The number of nitrogens with one attached hydrogen (secondary N) is 1. The van der Waals surface area contributed by atoms with E-state index in [1.807, 2.05) is 39.0 Å². The molecule has 21 heavy (non-hydrogen) atoms. The average Bonchev–Trinajstić information content (AvgIpc) is 2.36. The van der Waals surface area contributed by atoms with Crippen molar-refractivity contribution in [3.8, 4) is 0 Å². The molecule has 0 saturated carbocycles. The van der Waals surface area contributed by atoms with Gasteiger partial charge in [-0.1, -0.05) is 35.9 Å². The molecule has 0 bridgehead atoms. The lowest BCUT2D eigenvalue weighted by molar-refractivity contribution is 0.0528. The number of hydrogen-bond acceptors (Lipinski definition) is 3. The molecule has 0 aliphatic heterocycles. The fourth-order valence-corrected chi connectivity index (χ4v) is 1.83. The van der Waals surface area contributed by atoms with E-state index in [0.717, 1.165) is 11.8 Å². The van der Waals surface area contributed by atoms with Crippen molar-refractivity contribution in [2.75, 3.05) is 6.54 Å². The Labute approximate surface area is 130 Å². The molecule has 114 valence electrons. The number of rotatable bonds is 5. The monoisotopic (exact) mass is 309 g/mol. The Balaban J connectivity index is 2.45. The van der Waals surface area contributed by atoms with E-state index in [9.17, 15) is 9.59 Å². The first-order chi connectivity index (χ1) is 9.83. The maximum Gasteiger partial charge on any atom is 0.407 e. The number of ether oxygens (including phenoxy) is 1. The third kappa shape index (κ3) is 6.45. The van der Waals surface area contributed by atoms with Crippen LogP contribution in [0.5, 0.6) is 0 Å². The van der Waals surface area contributed by atoms with Gasteiger partial charge in [0.15, 0.2) is 6.29 Å². The minimum Gasteiger partial charge on any atom is -0.444 e. The van der Waals surface area contributed by atoms with Gasteiger partial charge in [-0.05, 0) is 38.8 Å². The largest absolute Gasteiger partial charge is 0.444 e. The number of carbonyl (C=O) groups excluding carboxylic acids is 2. The van der Waals surface area contributed by atoms with Crippen LogP contribution in [-0.4, -0.2) is 24.5 Å². The molecule has 0 heterocycles. The van der Waals surface area contributed by atoms with Crippen molar-refractivity contribution in [1.29, 1.82) is 0 Å². The molecule has 1 aromatic rings. The number of halogens is 1. The van der Waals surface area contributed by atoms with Crippen molar-refractivity contribution < 1.29 is 14.3 Å². The minimum absolute atomic E-state index is 0.430. The van der Waals surface area contributed by atoms with E-state index >= 15 is 0 Å². The smallest absolute Gasteiger partial charge is 0.407 e. The zero-order valence-electron chi connectivity index (χ0n) is 12.5. The molecule has 0 radical (unpaired) electrons. The highest BCUT2D eigenvalue weighted by Gasteiger charge is 2.15. The molecule has 0 spiro atoms. The Kier molecular flexibility index (Phi) is 6.43. The number of aldehydes is 1. The highest BCUT2D eigenvalue weighted by molar-refractivity contribution is 6.33. The quantitative estimate of drug-likeness (QED) is 0.658. The lowest BCUT2D eigenvalue weighted by Crippen LogP contribution is -2.32. The molecule has 1 aromatic carbocycles. The molecule has 1 N–H and O–H groups in total. The van der Waals surface area contributed by atoms with Crippen LogP contribution < -0.4 is 5.32 Å². The predicted octanol–water partition coefficient (Wildman–Crippen LogP) is 4.08. The van der Waals surface area contributed by atoms with Crippen molar-refractivity contribution in [2.24, 2.45) is 0 Å². The third-order valence-electron chi connectivity index (χ3n) is 2.48. The van der Waals surface area contributed by atoms with Crippen LogP contribution in [0.15, 0.2) is 24.3 Å². The summed E-state index contributed by atoms with van der Waals surface area (Å²) in [6.45, 7) is 5.90. The molecule has 0 aliphatic rings. The van der Waals surface area contributed by atoms with Crippen LogP contribution in [0.3, 0.4) is 0 Å². The van der Waals surface area contributed by atoms with Gasteiger partial charge >= 0.3 is 6.09 Å². The molecule has 0 aliphatic carbocycles. The number of carbonyl (C=O) groups is 2. The fraction of sp³-hybridized carbons (Fsp3) is 0.375. The van der Waals surface area contributed by atoms with Crippen LogP contribution in [0.2, 0.25) is 5.02 Å². The van der Waals surface area contributed by atoms with Crippen molar-refractivity contribution in [2.45, 2.75) is 32.8 Å². The van der Waals surface area contributed by atoms with E-state index in [1.54, 1.807) is 12.1 Å².